The van der Waals surface area contributed by atoms with Gasteiger partial charge in [0, 0.05) is 0 Å². The summed E-state index contributed by atoms with van der Waals surface area (Å²) >= 11 is 0. The molecule has 1 rings (SSSR count). The summed E-state index contributed by atoms with van der Waals surface area (Å²) in [5.74, 6) is -1.86. The van der Waals surface area contributed by atoms with Gasteiger partial charge in [0.05, 0.1) is 0 Å². The van der Waals surface area contributed by atoms with Gasteiger partial charge in [0.2, 0.25) is 0 Å². The Hall–Kier alpha value is -1.00. The molecule has 0 bridgehead atoms. The van der Waals surface area contributed by atoms with Gasteiger partial charge in [-0.25, -0.2) is 13.7 Å². The zero-order valence-corrected chi connectivity index (χ0v) is 6.42. The molecule has 4 heteroatoms. The highest BCUT2D eigenvalue weighted by molar-refractivity contribution is 5.19. The van der Waals surface area contributed by atoms with Gasteiger partial charge in [-0.05, 0) is 24.6 Å². The van der Waals surface area contributed by atoms with Crippen LogP contribution in [-0.2, 0) is 4.89 Å². The minimum Gasteiger partial charge on any atom is -0.251 e. The van der Waals surface area contributed by atoms with Crippen molar-refractivity contribution in [3.8, 4) is 0 Å². The first-order valence-electron chi connectivity index (χ1n) is 3.40. The van der Waals surface area contributed by atoms with E-state index in [0.29, 0.717) is 5.56 Å². The molecule has 0 aliphatic carbocycles. The van der Waals surface area contributed by atoms with E-state index in [4.69, 9.17) is 5.26 Å². The van der Waals surface area contributed by atoms with Crippen molar-refractivity contribution in [3.05, 3.63) is 35.4 Å². The van der Waals surface area contributed by atoms with E-state index in [1.165, 1.54) is 13.0 Å². The van der Waals surface area contributed by atoms with Crippen molar-refractivity contribution < 1.29 is 18.9 Å². The van der Waals surface area contributed by atoms with Gasteiger partial charge in [0.15, 0.2) is 11.6 Å². The van der Waals surface area contributed by atoms with Crippen LogP contribution in [0.15, 0.2) is 18.2 Å². The lowest BCUT2D eigenvalue weighted by atomic mass is 10.1. The van der Waals surface area contributed by atoms with Gasteiger partial charge in [-0.2, -0.15) is 0 Å². The fraction of sp³-hybridized carbons (Fsp3) is 0.250. The first-order chi connectivity index (χ1) is 5.65. The summed E-state index contributed by atoms with van der Waals surface area (Å²) in [5, 5.41) is 8.23. The van der Waals surface area contributed by atoms with Crippen molar-refractivity contribution in [2.24, 2.45) is 0 Å². The summed E-state index contributed by atoms with van der Waals surface area (Å²) < 4.78 is 25.0. The Bertz CT molecular complexity index is 276. The van der Waals surface area contributed by atoms with E-state index in [0.717, 1.165) is 12.1 Å². The molecule has 0 aromatic heterocycles. The third-order valence-corrected chi connectivity index (χ3v) is 1.57. The SMILES string of the molecule is C[C@@H](OO)c1ccc(F)c(F)c1. The van der Waals surface area contributed by atoms with Crippen LogP contribution in [0.5, 0.6) is 0 Å². The molecular weight excluding hydrogens is 166 g/mol. The van der Waals surface area contributed by atoms with Gasteiger partial charge in [-0.1, -0.05) is 6.07 Å². The number of rotatable bonds is 2. The van der Waals surface area contributed by atoms with E-state index in [1.807, 2.05) is 0 Å². The number of halogens is 2. The highest BCUT2D eigenvalue weighted by Gasteiger charge is 2.08. The van der Waals surface area contributed by atoms with Crippen LogP contribution in [-0.4, -0.2) is 5.26 Å². The normalized spacial score (nSPS) is 13.0. The highest BCUT2D eigenvalue weighted by atomic mass is 19.2. The molecule has 1 aromatic rings. The summed E-state index contributed by atoms with van der Waals surface area (Å²) in [7, 11) is 0. The van der Waals surface area contributed by atoms with E-state index in [-0.39, 0.29) is 0 Å². The average Bonchev–Trinajstić information content (AvgIpc) is 2.08. The molecule has 0 aliphatic rings. The van der Waals surface area contributed by atoms with Crippen LogP contribution < -0.4 is 0 Å². The summed E-state index contributed by atoms with van der Waals surface area (Å²) in [4.78, 5) is 3.94. The van der Waals surface area contributed by atoms with E-state index in [9.17, 15) is 8.78 Å². The topological polar surface area (TPSA) is 29.5 Å². The molecule has 0 heterocycles. The van der Waals surface area contributed by atoms with Crippen LogP contribution in [0.3, 0.4) is 0 Å². The third-order valence-electron chi connectivity index (χ3n) is 1.57. The second-order valence-corrected chi connectivity index (χ2v) is 2.42. The van der Waals surface area contributed by atoms with E-state index < -0.39 is 17.7 Å². The molecule has 12 heavy (non-hydrogen) atoms. The van der Waals surface area contributed by atoms with Crippen LogP contribution in [0, 0.1) is 11.6 Å². The van der Waals surface area contributed by atoms with Crippen molar-refractivity contribution in [2.75, 3.05) is 0 Å². The highest BCUT2D eigenvalue weighted by Crippen LogP contribution is 2.17. The van der Waals surface area contributed by atoms with Crippen molar-refractivity contribution in [1.29, 1.82) is 0 Å². The van der Waals surface area contributed by atoms with Crippen LogP contribution in [0.1, 0.15) is 18.6 Å². The fourth-order valence-corrected chi connectivity index (χ4v) is 0.826. The molecule has 66 valence electrons. The predicted octanol–water partition coefficient (Wildman–Crippen LogP) is 2.52. The molecule has 2 nitrogen and oxygen atoms in total. The maximum atomic E-state index is 12.6. The molecule has 0 saturated heterocycles. The molecule has 0 unspecified atom stereocenters. The van der Waals surface area contributed by atoms with E-state index in [2.05, 4.69) is 4.89 Å². The van der Waals surface area contributed by atoms with E-state index in [1.54, 1.807) is 0 Å². The zero-order valence-electron chi connectivity index (χ0n) is 6.42. The minimum atomic E-state index is -0.948. The molecule has 0 spiro atoms. The molecule has 0 aliphatic heterocycles. The Kier molecular flexibility index (Phi) is 2.73. The van der Waals surface area contributed by atoms with Gasteiger partial charge >= 0.3 is 0 Å². The van der Waals surface area contributed by atoms with Crippen LogP contribution in [0.2, 0.25) is 0 Å². The first-order valence-corrected chi connectivity index (χ1v) is 3.40. The first kappa shape index (κ1) is 9.09. The number of benzene rings is 1. The van der Waals surface area contributed by atoms with Gasteiger partial charge in [-0.3, -0.25) is 5.26 Å². The zero-order chi connectivity index (χ0) is 9.14. The molecule has 1 aromatic carbocycles. The lowest BCUT2D eigenvalue weighted by Gasteiger charge is -2.06. The van der Waals surface area contributed by atoms with Gasteiger partial charge in [0.1, 0.15) is 6.10 Å². The standard InChI is InChI=1S/C8H8F2O2/c1-5(12-11)6-2-3-7(9)8(10)4-6/h2-5,11H,1H3/t5-/m1/s1. The van der Waals surface area contributed by atoms with Gasteiger partial charge in [-0.15, -0.1) is 0 Å². The van der Waals surface area contributed by atoms with Gasteiger partial charge in [0.25, 0.3) is 0 Å². The van der Waals surface area contributed by atoms with E-state index >= 15 is 0 Å². The molecular formula is C8H8F2O2. The molecule has 0 amide bonds. The van der Waals surface area contributed by atoms with Crippen LogP contribution >= 0.6 is 0 Å². The van der Waals surface area contributed by atoms with Crippen molar-refractivity contribution in [2.45, 2.75) is 13.0 Å². The average molecular weight is 174 g/mol. The second kappa shape index (κ2) is 3.60. The third kappa shape index (κ3) is 1.78. The van der Waals surface area contributed by atoms with Crippen molar-refractivity contribution >= 4 is 0 Å². The summed E-state index contributed by atoms with van der Waals surface area (Å²) in [6.45, 7) is 1.52. The Morgan fingerprint density at radius 2 is 2.00 bits per heavy atom. The molecule has 0 radical (unpaired) electrons. The maximum absolute atomic E-state index is 12.6. The minimum absolute atomic E-state index is 0.386. The second-order valence-electron chi connectivity index (χ2n) is 2.42. The Balaban J connectivity index is 2.96. The molecule has 0 saturated carbocycles. The Labute approximate surface area is 68.3 Å². The lowest BCUT2D eigenvalue weighted by Crippen LogP contribution is -1.97. The van der Waals surface area contributed by atoms with Crippen LogP contribution in [0.25, 0.3) is 0 Å². The van der Waals surface area contributed by atoms with Crippen LogP contribution in [0.4, 0.5) is 8.78 Å². The summed E-state index contributed by atoms with van der Waals surface area (Å²) in [6, 6.07) is 3.32. The van der Waals surface area contributed by atoms with Crippen molar-refractivity contribution in [1.82, 2.24) is 0 Å². The van der Waals surface area contributed by atoms with Gasteiger partial charge < -0.3 is 0 Å². The Morgan fingerprint density at radius 3 is 2.50 bits per heavy atom. The Morgan fingerprint density at radius 1 is 1.33 bits per heavy atom. The molecule has 0 fully saturated rings. The maximum Gasteiger partial charge on any atom is 0.159 e. The van der Waals surface area contributed by atoms with Crippen molar-refractivity contribution in [3.63, 3.8) is 0 Å². The molecule has 1 N–H and O–H groups in total. The monoisotopic (exact) mass is 174 g/mol. The summed E-state index contributed by atoms with van der Waals surface area (Å²) in [6.07, 6.45) is -0.653. The predicted molar refractivity (Wildman–Crippen MR) is 38.5 cm³/mol. The smallest absolute Gasteiger partial charge is 0.159 e. The molecule has 1 atom stereocenters. The largest absolute Gasteiger partial charge is 0.251 e. The summed E-state index contributed by atoms with van der Waals surface area (Å²) in [5.41, 5.74) is 0.386. The number of hydrogen-bond donors (Lipinski definition) is 1. The lowest BCUT2D eigenvalue weighted by molar-refractivity contribution is -0.277. The number of hydrogen-bond acceptors (Lipinski definition) is 2. The quantitative estimate of drug-likeness (QED) is 0.551. The fourth-order valence-electron chi connectivity index (χ4n) is 0.826.